The zero-order valence-corrected chi connectivity index (χ0v) is 15.9. The van der Waals surface area contributed by atoms with E-state index in [9.17, 15) is 9.90 Å². The maximum absolute atomic E-state index is 10.5. The Morgan fingerprint density at radius 3 is 2.93 bits per heavy atom. The average molecular weight is 394 g/mol. The maximum Gasteiger partial charge on any atom is 0.233 e. The third-order valence-electron chi connectivity index (χ3n) is 4.13. The van der Waals surface area contributed by atoms with E-state index in [1.165, 1.54) is 6.08 Å². The molecular weight excluding hydrogens is 376 g/mol. The van der Waals surface area contributed by atoms with Crippen molar-refractivity contribution in [1.82, 2.24) is 14.5 Å². The number of aryl methyl sites for hydroxylation is 1. The van der Waals surface area contributed by atoms with Gasteiger partial charge in [-0.2, -0.15) is 5.10 Å². The zero-order chi connectivity index (χ0) is 19.5. The van der Waals surface area contributed by atoms with E-state index in [0.717, 1.165) is 44.6 Å². The topological polar surface area (TPSA) is 101 Å². The number of quaternary nitrogens is 1. The van der Waals surface area contributed by atoms with Crippen molar-refractivity contribution in [1.29, 1.82) is 0 Å². The second-order valence-electron chi connectivity index (χ2n) is 6.30. The van der Waals surface area contributed by atoms with Gasteiger partial charge in [0.25, 0.3) is 0 Å². The number of nitrogens with zero attached hydrogens (tertiary/aromatic N) is 3. The molecule has 142 valence electrons. The van der Waals surface area contributed by atoms with Gasteiger partial charge >= 0.3 is 0 Å². The number of fused-ring (bicyclic) bond motifs is 1. The summed E-state index contributed by atoms with van der Waals surface area (Å²) in [5.41, 5.74) is 1.79. The summed E-state index contributed by atoms with van der Waals surface area (Å²) < 4.78 is 2.10. The molecule has 0 saturated carbocycles. The minimum Gasteiger partial charge on any atom is -0.545 e. The highest BCUT2D eigenvalue weighted by atomic mass is 32.2. The first kappa shape index (κ1) is 18.1. The third kappa shape index (κ3) is 4.16. The number of carboxylic acids is 1. The van der Waals surface area contributed by atoms with Crippen LogP contribution in [0, 0.1) is 6.92 Å². The first-order valence-electron chi connectivity index (χ1n) is 8.62. The number of carbonyl (C=O) groups excluding carboxylic acids is 1. The second-order valence-corrected chi connectivity index (χ2v) is 7.42. The highest BCUT2D eigenvalue weighted by Gasteiger charge is 2.31. The molecule has 2 aliphatic heterocycles. The second kappa shape index (κ2) is 7.75. The molecule has 0 saturated heterocycles. The van der Waals surface area contributed by atoms with Crippen LogP contribution in [0.5, 0.6) is 0 Å². The lowest BCUT2D eigenvalue weighted by atomic mass is 10.2. The van der Waals surface area contributed by atoms with E-state index < -0.39 is 5.97 Å². The number of nitrogens with one attached hydrogen (secondary N) is 3. The maximum atomic E-state index is 10.5. The van der Waals surface area contributed by atoms with Gasteiger partial charge < -0.3 is 9.90 Å². The summed E-state index contributed by atoms with van der Waals surface area (Å²) >= 11 is 1.58. The largest absolute Gasteiger partial charge is 0.545 e. The molecule has 0 aliphatic carbocycles. The van der Waals surface area contributed by atoms with Crippen LogP contribution in [0.4, 0.5) is 5.82 Å². The summed E-state index contributed by atoms with van der Waals surface area (Å²) in [6.45, 7) is 2.64. The van der Waals surface area contributed by atoms with Crippen LogP contribution in [0.2, 0.25) is 0 Å². The lowest BCUT2D eigenvalue weighted by Crippen LogP contribution is -3.10. The molecule has 0 bridgehead atoms. The van der Waals surface area contributed by atoms with Crippen LogP contribution < -0.4 is 15.3 Å². The zero-order valence-electron chi connectivity index (χ0n) is 15.0. The molecule has 8 nitrogen and oxygen atoms in total. The number of aliphatic imine (C=N–C) groups is 1. The molecule has 2 aromatic rings. The molecule has 0 amide bonds. The normalized spacial score (nSPS) is 18.2. The molecule has 3 heterocycles. The average Bonchev–Trinajstić information content (AvgIpc) is 3.30. The predicted octanol–water partition coefficient (Wildman–Crippen LogP) is 0.483. The molecule has 2 aliphatic rings. The van der Waals surface area contributed by atoms with E-state index >= 15 is 0 Å². The first-order chi connectivity index (χ1) is 13.6. The van der Waals surface area contributed by atoms with Gasteiger partial charge in [-0.15, -0.1) is 0 Å². The number of carbonyl (C=O) groups is 1. The fourth-order valence-corrected chi connectivity index (χ4v) is 3.74. The molecule has 1 unspecified atom stereocenters. The van der Waals surface area contributed by atoms with E-state index in [1.54, 1.807) is 11.9 Å². The number of aromatic amines is 1. The van der Waals surface area contributed by atoms with Crippen LogP contribution in [-0.2, 0) is 4.79 Å². The number of anilines is 1. The van der Waals surface area contributed by atoms with Crippen molar-refractivity contribution in [2.24, 2.45) is 4.99 Å². The quantitative estimate of drug-likeness (QED) is 0.487. The molecule has 0 radical (unpaired) electrons. The van der Waals surface area contributed by atoms with Crippen LogP contribution in [0.3, 0.4) is 0 Å². The lowest BCUT2D eigenvalue weighted by molar-refractivity contribution is -0.699. The minimum absolute atomic E-state index is 0.685. The van der Waals surface area contributed by atoms with Crippen molar-refractivity contribution >= 4 is 35.6 Å². The Morgan fingerprint density at radius 1 is 1.39 bits per heavy atom. The smallest absolute Gasteiger partial charge is 0.233 e. The summed E-state index contributed by atoms with van der Waals surface area (Å²) in [5.74, 6) is 1.48. The third-order valence-corrected chi connectivity index (χ3v) is 5.09. The van der Waals surface area contributed by atoms with Crippen molar-refractivity contribution in [2.75, 3.05) is 11.9 Å². The van der Waals surface area contributed by atoms with Gasteiger partial charge in [-0.3, -0.25) is 14.7 Å². The minimum atomic E-state index is -1.21. The Hall–Kier alpha value is -3.30. The number of amidine groups is 1. The van der Waals surface area contributed by atoms with E-state index in [2.05, 4.69) is 24.8 Å². The SMILES string of the molecule is Cc1cc(NC2=CN(Sc3ccc(C=CC(=O)[O-])cc3)CC3=NC=C[NH+]23)n[nH]1. The van der Waals surface area contributed by atoms with E-state index in [-0.39, 0.29) is 0 Å². The Morgan fingerprint density at radius 2 is 2.21 bits per heavy atom. The number of aliphatic carboxylic acids is 1. The van der Waals surface area contributed by atoms with E-state index in [4.69, 9.17) is 0 Å². The molecule has 0 fully saturated rings. The number of carboxylic acid groups (broad SMARTS) is 1. The fourth-order valence-electron chi connectivity index (χ4n) is 2.86. The first-order valence-corrected chi connectivity index (χ1v) is 9.40. The molecular formula is C19H18N6O2S. The number of aromatic nitrogens is 2. The number of benzene rings is 1. The highest BCUT2D eigenvalue weighted by Crippen LogP contribution is 2.25. The standard InChI is InChI=1S/C19H18N6O2S/c1-13-10-16(23-22-13)21-18-12-24(11-17-20-8-9-25(17)18)28-15-5-2-14(3-6-15)4-7-19(26)27/h2-10,12H,11H2,1H3,(H,26,27)(H2,21,22,23). The molecule has 9 heteroatoms. The molecule has 3 N–H and O–H groups in total. The van der Waals surface area contributed by atoms with Gasteiger partial charge in [-0.25, -0.2) is 9.89 Å². The fraction of sp³-hybridized carbons (Fsp3) is 0.105. The van der Waals surface area contributed by atoms with Crippen molar-refractivity contribution in [3.63, 3.8) is 0 Å². The Kier molecular flexibility index (Phi) is 5.00. The molecule has 0 spiro atoms. The summed E-state index contributed by atoms with van der Waals surface area (Å²) in [4.78, 5) is 17.1. The van der Waals surface area contributed by atoms with Gasteiger partial charge in [-0.05, 0) is 42.6 Å². The monoisotopic (exact) mass is 394 g/mol. The molecule has 1 atom stereocenters. The van der Waals surface area contributed by atoms with Crippen molar-refractivity contribution in [3.05, 3.63) is 72.1 Å². The van der Waals surface area contributed by atoms with E-state index in [1.807, 2.05) is 55.9 Å². The predicted molar refractivity (Wildman–Crippen MR) is 106 cm³/mol. The van der Waals surface area contributed by atoms with Crippen LogP contribution in [0.15, 0.2) is 70.7 Å². The van der Waals surface area contributed by atoms with Crippen LogP contribution in [0.1, 0.15) is 11.3 Å². The van der Waals surface area contributed by atoms with E-state index in [0.29, 0.717) is 6.54 Å². The summed E-state index contributed by atoms with van der Waals surface area (Å²) in [6, 6.07) is 9.58. The van der Waals surface area contributed by atoms with Gasteiger partial charge in [0, 0.05) is 16.7 Å². The van der Waals surface area contributed by atoms with Crippen molar-refractivity contribution < 1.29 is 14.8 Å². The molecule has 4 rings (SSSR count). The Labute approximate surface area is 166 Å². The van der Waals surface area contributed by atoms with Crippen molar-refractivity contribution in [3.8, 4) is 0 Å². The van der Waals surface area contributed by atoms with Gasteiger partial charge in [-0.1, -0.05) is 18.2 Å². The Bertz CT molecular complexity index is 1010. The highest BCUT2D eigenvalue weighted by molar-refractivity contribution is 7.97. The van der Waals surface area contributed by atoms with Gasteiger partial charge in [0.15, 0.2) is 5.82 Å². The van der Waals surface area contributed by atoms with Gasteiger partial charge in [0.2, 0.25) is 11.7 Å². The van der Waals surface area contributed by atoms with Crippen LogP contribution in [0.25, 0.3) is 6.08 Å². The summed E-state index contributed by atoms with van der Waals surface area (Å²) in [7, 11) is 0. The van der Waals surface area contributed by atoms with Gasteiger partial charge in [0.05, 0.1) is 18.4 Å². The summed E-state index contributed by atoms with van der Waals surface area (Å²) in [5, 5.41) is 21.0. The summed E-state index contributed by atoms with van der Waals surface area (Å²) in [6.07, 6.45) is 8.38. The van der Waals surface area contributed by atoms with Gasteiger partial charge in [0.1, 0.15) is 12.7 Å². The Balaban J connectivity index is 1.50. The number of rotatable bonds is 6. The molecule has 1 aromatic heterocycles. The van der Waals surface area contributed by atoms with Crippen LogP contribution >= 0.6 is 11.9 Å². The number of hydrogen-bond acceptors (Lipinski definition) is 7. The number of H-pyrrole nitrogens is 1. The van der Waals surface area contributed by atoms with Crippen LogP contribution in [-0.4, -0.2) is 32.9 Å². The molecule has 1 aromatic carbocycles. The van der Waals surface area contributed by atoms with Crippen molar-refractivity contribution in [2.45, 2.75) is 11.8 Å². The lowest BCUT2D eigenvalue weighted by Gasteiger charge is -2.27. The molecule has 28 heavy (non-hydrogen) atoms. The number of hydrogen-bond donors (Lipinski definition) is 3.